The lowest BCUT2D eigenvalue weighted by atomic mass is 9.79. The average Bonchev–Trinajstić information content (AvgIpc) is 3.26. The minimum atomic E-state index is -0.960. The first kappa shape index (κ1) is 20.0. The Balaban J connectivity index is 1.54. The van der Waals surface area contributed by atoms with Crippen molar-refractivity contribution in [2.75, 3.05) is 26.2 Å². The molecule has 0 spiro atoms. The number of hydrogen-bond acceptors (Lipinski definition) is 3. The number of carbonyl (C=O) groups is 1. The van der Waals surface area contributed by atoms with Crippen LogP contribution in [0.15, 0.2) is 48.5 Å². The number of aryl methyl sites for hydroxylation is 1. The Bertz CT molecular complexity index is 866. The summed E-state index contributed by atoms with van der Waals surface area (Å²) in [6.07, 6.45) is 2.94. The van der Waals surface area contributed by atoms with E-state index in [2.05, 4.69) is 4.90 Å². The number of amides is 1. The maximum absolute atomic E-state index is 13.9. The van der Waals surface area contributed by atoms with Gasteiger partial charge in [-0.05, 0) is 62.0 Å². The molecule has 2 fully saturated rings. The van der Waals surface area contributed by atoms with E-state index in [0.29, 0.717) is 30.6 Å². The van der Waals surface area contributed by atoms with E-state index >= 15 is 0 Å². The van der Waals surface area contributed by atoms with Crippen LogP contribution in [0.3, 0.4) is 0 Å². The molecule has 4 nitrogen and oxygen atoms in total. The van der Waals surface area contributed by atoms with Crippen molar-refractivity contribution in [1.82, 2.24) is 9.80 Å². The van der Waals surface area contributed by atoms with Crippen LogP contribution in [0.2, 0.25) is 0 Å². The molecule has 4 rings (SSSR count). The van der Waals surface area contributed by atoms with E-state index in [1.54, 1.807) is 13.0 Å². The summed E-state index contributed by atoms with van der Waals surface area (Å²) in [6.45, 7) is 4.62. The van der Waals surface area contributed by atoms with Crippen molar-refractivity contribution in [3.8, 4) is 0 Å². The minimum Gasteiger partial charge on any atom is -0.383 e. The van der Waals surface area contributed by atoms with E-state index in [4.69, 9.17) is 0 Å². The summed E-state index contributed by atoms with van der Waals surface area (Å²) in [5.74, 6) is -0.282. The van der Waals surface area contributed by atoms with Gasteiger partial charge in [0.05, 0.1) is 12.5 Å². The van der Waals surface area contributed by atoms with Crippen LogP contribution in [-0.4, -0.2) is 53.0 Å². The van der Waals surface area contributed by atoms with Crippen molar-refractivity contribution in [3.63, 3.8) is 0 Å². The number of carbonyl (C=O) groups excluding carboxylic acids is 1. The van der Waals surface area contributed by atoms with Gasteiger partial charge in [-0.15, -0.1) is 0 Å². The van der Waals surface area contributed by atoms with Gasteiger partial charge in [0.2, 0.25) is 5.91 Å². The number of piperidine rings is 1. The number of nitrogens with zero attached hydrogens (tertiary/aromatic N) is 2. The molecule has 154 valence electrons. The zero-order valence-corrected chi connectivity index (χ0v) is 17.0. The summed E-state index contributed by atoms with van der Waals surface area (Å²) in [7, 11) is 0. The molecular formula is C24H29FN2O2. The first-order valence-corrected chi connectivity index (χ1v) is 10.5. The quantitative estimate of drug-likeness (QED) is 0.863. The lowest BCUT2D eigenvalue weighted by Crippen LogP contribution is -2.61. The number of benzene rings is 2. The lowest BCUT2D eigenvalue weighted by molar-refractivity contribution is -0.142. The van der Waals surface area contributed by atoms with Crippen molar-refractivity contribution >= 4 is 5.91 Å². The van der Waals surface area contributed by atoms with Gasteiger partial charge in [-0.25, -0.2) is 4.39 Å². The second-order valence-corrected chi connectivity index (χ2v) is 8.40. The van der Waals surface area contributed by atoms with Crippen LogP contribution in [0.1, 0.15) is 36.0 Å². The van der Waals surface area contributed by atoms with E-state index in [9.17, 15) is 14.3 Å². The van der Waals surface area contributed by atoms with Gasteiger partial charge in [0.1, 0.15) is 11.4 Å². The Morgan fingerprint density at radius 1 is 1.14 bits per heavy atom. The molecule has 2 aromatic carbocycles. The number of rotatable bonds is 4. The van der Waals surface area contributed by atoms with Gasteiger partial charge in [0.25, 0.3) is 0 Å². The third kappa shape index (κ3) is 4.07. The molecule has 0 radical (unpaired) electrons. The van der Waals surface area contributed by atoms with E-state index in [0.717, 1.165) is 31.5 Å². The first-order valence-electron chi connectivity index (χ1n) is 10.5. The monoisotopic (exact) mass is 396 g/mol. The van der Waals surface area contributed by atoms with Gasteiger partial charge in [0.15, 0.2) is 0 Å². The molecule has 2 aliphatic rings. The third-order valence-electron chi connectivity index (χ3n) is 6.51. The zero-order valence-electron chi connectivity index (χ0n) is 17.0. The van der Waals surface area contributed by atoms with Gasteiger partial charge < -0.3 is 10.0 Å². The highest BCUT2D eigenvalue weighted by Gasteiger charge is 2.47. The highest BCUT2D eigenvalue weighted by atomic mass is 19.1. The molecule has 2 atom stereocenters. The van der Waals surface area contributed by atoms with Gasteiger partial charge in [-0.2, -0.15) is 0 Å². The van der Waals surface area contributed by atoms with Crippen LogP contribution in [0.4, 0.5) is 4.39 Å². The smallest absolute Gasteiger partial charge is 0.227 e. The Labute approximate surface area is 171 Å². The summed E-state index contributed by atoms with van der Waals surface area (Å²) < 4.78 is 13.9. The zero-order chi connectivity index (χ0) is 20.4. The molecule has 1 amide bonds. The van der Waals surface area contributed by atoms with E-state index in [-0.39, 0.29) is 24.2 Å². The fraction of sp³-hybridized carbons (Fsp3) is 0.458. The molecule has 1 N–H and O–H groups in total. The molecule has 0 bridgehead atoms. The van der Waals surface area contributed by atoms with Crippen LogP contribution in [0.5, 0.6) is 0 Å². The molecule has 0 aliphatic carbocycles. The van der Waals surface area contributed by atoms with Crippen LogP contribution in [0, 0.1) is 12.7 Å². The number of hydrogen-bond donors (Lipinski definition) is 1. The normalized spacial score (nSPS) is 25.3. The van der Waals surface area contributed by atoms with Crippen molar-refractivity contribution in [2.45, 2.75) is 44.2 Å². The van der Waals surface area contributed by atoms with Crippen molar-refractivity contribution in [3.05, 3.63) is 71.0 Å². The number of aliphatic hydroxyl groups is 1. The van der Waals surface area contributed by atoms with Crippen LogP contribution in [-0.2, 0) is 16.8 Å². The summed E-state index contributed by atoms with van der Waals surface area (Å²) >= 11 is 0. The van der Waals surface area contributed by atoms with Crippen molar-refractivity contribution in [2.24, 2.45) is 0 Å². The highest BCUT2D eigenvalue weighted by Crippen LogP contribution is 2.37. The first-order chi connectivity index (χ1) is 14.0. The molecular weight excluding hydrogens is 367 g/mol. The molecule has 2 aliphatic heterocycles. The number of halogens is 1. The van der Waals surface area contributed by atoms with Gasteiger partial charge in [-0.1, -0.05) is 42.5 Å². The molecule has 0 unspecified atom stereocenters. The maximum Gasteiger partial charge on any atom is 0.227 e. The summed E-state index contributed by atoms with van der Waals surface area (Å²) in [5, 5.41) is 11.7. The minimum absolute atomic E-state index is 0.00689. The molecule has 2 saturated heterocycles. The maximum atomic E-state index is 13.9. The van der Waals surface area contributed by atoms with E-state index < -0.39 is 5.60 Å². The lowest BCUT2D eigenvalue weighted by Gasteiger charge is -2.48. The highest BCUT2D eigenvalue weighted by molar-refractivity contribution is 5.79. The Hall–Kier alpha value is -2.24. The Morgan fingerprint density at radius 2 is 1.86 bits per heavy atom. The predicted octanol–water partition coefficient (Wildman–Crippen LogP) is 3.26. The fourth-order valence-electron chi connectivity index (χ4n) is 4.72. The molecule has 5 heteroatoms. The predicted molar refractivity (Wildman–Crippen MR) is 111 cm³/mol. The van der Waals surface area contributed by atoms with Gasteiger partial charge in [-0.3, -0.25) is 9.69 Å². The Kier molecular flexibility index (Phi) is 5.70. The second-order valence-electron chi connectivity index (χ2n) is 8.40. The standard InChI is InChI=1S/C24H29FN2O2/c1-18-9-10-19(15-21(18)25)16-23(28)27-14-11-24(29,20-7-3-2-4-8-20)22(17-27)26-12-5-6-13-26/h2-4,7-10,15,22,29H,5-6,11-14,16-17H2,1H3/t22-,24+/m1/s1. The van der Waals surface area contributed by atoms with Crippen LogP contribution >= 0.6 is 0 Å². The van der Waals surface area contributed by atoms with Gasteiger partial charge in [0, 0.05) is 13.1 Å². The van der Waals surface area contributed by atoms with E-state index in [1.807, 2.05) is 41.3 Å². The Morgan fingerprint density at radius 3 is 2.55 bits per heavy atom. The average molecular weight is 397 g/mol. The number of likely N-dealkylation sites (tertiary alicyclic amines) is 2. The van der Waals surface area contributed by atoms with Crippen LogP contribution < -0.4 is 0 Å². The molecule has 2 heterocycles. The van der Waals surface area contributed by atoms with Crippen molar-refractivity contribution < 1.29 is 14.3 Å². The summed E-state index contributed by atoms with van der Waals surface area (Å²) in [4.78, 5) is 17.2. The summed E-state index contributed by atoms with van der Waals surface area (Å²) in [5.41, 5.74) is 1.24. The fourth-order valence-corrected chi connectivity index (χ4v) is 4.72. The largest absolute Gasteiger partial charge is 0.383 e. The molecule has 0 saturated carbocycles. The van der Waals surface area contributed by atoms with E-state index in [1.165, 1.54) is 6.07 Å². The van der Waals surface area contributed by atoms with Crippen molar-refractivity contribution in [1.29, 1.82) is 0 Å². The summed E-state index contributed by atoms with van der Waals surface area (Å²) in [6, 6.07) is 14.7. The van der Waals surface area contributed by atoms with Gasteiger partial charge >= 0.3 is 0 Å². The molecule has 29 heavy (non-hydrogen) atoms. The van der Waals surface area contributed by atoms with Crippen LogP contribution in [0.25, 0.3) is 0 Å². The second kappa shape index (κ2) is 8.25. The third-order valence-corrected chi connectivity index (χ3v) is 6.51. The molecule has 2 aromatic rings. The molecule has 0 aromatic heterocycles. The SMILES string of the molecule is Cc1ccc(CC(=O)N2CC[C@](O)(c3ccccc3)[C@H](N3CCCC3)C2)cc1F. The topological polar surface area (TPSA) is 43.8 Å².